The Morgan fingerprint density at radius 2 is 1.82 bits per heavy atom. The SMILES string of the molecule is CCOCC(=O)N[C@H]1CN(c2cc(OC)cc(Oc3cnc(C(F)(F)F)nc3)c2)C[C@H]1OC. The number of rotatable bonds is 9. The lowest BCUT2D eigenvalue weighted by atomic mass is 10.2. The number of amides is 1. The van der Waals surface area contributed by atoms with E-state index in [0.29, 0.717) is 31.2 Å². The third-order valence-electron chi connectivity index (χ3n) is 4.94. The zero-order valence-corrected chi connectivity index (χ0v) is 18.4. The number of carbonyl (C=O) groups excluding carboxylic acids is 1. The summed E-state index contributed by atoms with van der Waals surface area (Å²) in [5.41, 5.74) is 0.723. The lowest BCUT2D eigenvalue weighted by molar-refractivity contribution is -0.145. The Labute approximate surface area is 188 Å². The summed E-state index contributed by atoms with van der Waals surface area (Å²) in [5, 5.41) is 2.91. The first-order chi connectivity index (χ1) is 15.7. The van der Waals surface area contributed by atoms with Crippen LogP contribution >= 0.6 is 0 Å². The number of alkyl halides is 3. The van der Waals surface area contributed by atoms with Gasteiger partial charge in [0.25, 0.3) is 0 Å². The molecule has 1 fully saturated rings. The van der Waals surface area contributed by atoms with Gasteiger partial charge in [-0.15, -0.1) is 0 Å². The number of hydrogen-bond donors (Lipinski definition) is 1. The highest BCUT2D eigenvalue weighted by Crippen LogP contribution is 2.34. The molecule has 0 aliphatic carbocycles. The summed E-state index contributed by atoms with van der Waals surface area (Å²) in [6, 6.07) is 4.82. The van der Waals surface area contributed by atoms with Crippen LogP contribution in [-0.2, 0) is 20.4 Å². The molecule has 0 unspecified atom stereocenters. The van der Waals surface area contributed by atoms with E-state index in [0.717, 1.165) is 18.1 Å². The van der Waals surface area contributed by atoms with Crippen molar-refractivity contribution in [1.82, 2.24) is 15.3 Å². The molecule has 3 rings (SSSR count). The first-order valence-electron chi connectivity index (χ1n) is 10.1. The van der Waals surface area contributed by atoms with E-state index in [4.69, 9.17) is 18.9 Å². The summed E-state index contributed by atoms with van der Waals surface area (Å²) in [4.78, 5) is 20.7. The Kier molecular flexibility index (Phi) is 7.92. The lowest BCUT2D eigenvalue weighted by Gasteiger charge is -2.20. The van der Waals surface area contributed by atoms with Gasteiger partial charge in [0.1, 0.15) is 18.1 Å². The van der Waals surface area contributed by atoms with Crippen LogP contribution in [0, 0.1) is 0 Å². The second-order valence-corrected chi connectivity index (χ2v) is 7.20. The minimum absolute atomic E-state index is 0.0320. The van der Waals surface area contributed by atoms with E-state index in [2.05, 4.69) is 15.3 Å². The van der Waals surface area contributed by atoms with Crippen molar-refractivity contribution < 1.29 is 36.9 Å². The minimum Gasteiger partial charge on any atom is -0.497 e. The predicted molar refractivity (Wildman–Crippen MR) is 112 cm³/mol. The number of carbonyl (C=O) groups is 1. The largest absolute Gasteiger partial charge is 0.497 e. The third-order valence-corrected chi connectivity index (χ3v) is 4.94. The van der Waals surface area contributed by atoms with Crippen LogP contribution in [0.1, 0.15) is 12.7 Å². The molecule has 0 bridgehead atoms. The number of benzene rings is 1. The van der Waals surface area contributed by atoms with Crippen molar-refractivity contribution in [1.29, 1.82) is 0 Å². The molecule has 33 heavy (non-hydrogen) atoms. The second-order valence-electron chi connectivity index (χ2n) is 7.20. The quantitative estimate of drug-likeness (QED) is 0.598. The van der Waals surface area contributed by atoms with Crippen molar-refractivity contribution in [2.45, 2.75) is 25.2 Å². The first-order valence-corrected chi connectivity index (χ1v) is 10.1. The number of methoxy groups -OCH3 is 2. The molecule has 2 atom stereocenters. The normalized spacial score (nSPS) is 18.3. The zero-order valence-electron chi connectivity index (χ0n) is 18.4. The van der Waals surface area contributed by atoms with Gasteiger partial charge in [-0.25, -0.2) is 9.97 Å². The molecule has 1 saturated heterocycles. The van der Waals surface area contributed by atoms with Gasteiger partial charge in [-0.2, -0.15) is 13.2 Å². The van der Waals surface area contributed by atoms with Crippen LogP contribution in [0.2, 0.25) is 0 Å². The maximum absolute atomic E-state index is 12.7. The predicted octanol–water partition coefficient (Wildman–Crippen LogP) is 2.65. The molecule has 1 aliphatic heterocycles. The summed E-state index contributed by atoms with van der Waals surface area (Å²) < 4.78 is 59.7. The van der Waals surface area contributed by atoms with Crippen molar-refractivity contribution in [3.05, 3.63) is 36.4 Å². The average molecular weight is 470 g/mol. The number of ether oxygens (including phenoxy) is 4. The summed E-state index contributed by atoms with van der Waals surface area (Å²) in [5.74, 6) is -0.637. The molecule has 0 spiro atoms. The van der Waals surface area contributed by atoms with Gasteiger partial charge in [0, 0.05) is 50.7 Å². The minimum atomic E-state index is -4.63. The second kappa shape index (κ2) is 10.7. The number of halogens is 3. The molecule has 1 aromatic heterocycles. The van der Waals surface area contributed by atoms with Gasteiger partial charge in [-0.3, -0.25) is 4.79 Å². The van der Waals surface area contributed by atoms with Crippen molar-refractivity contribution in [3.8, 4) is 17.2 Å². The van der Waals surface area contributed by atoms with Gasteiger partial charge < -0.3 is 29.2 Å². The number of nitrogens with one attached hydrogen (secondary N) is 1. The van der Waals surface area contributed by atoms with E-state index < -0.39 is 12.0 Å². The Bertz CT molecular complexity index is 942. The van der Waals surface area contributed by atoms with Gasteiger partial charge in [-0.1, -0.05) is 0 Å². The molecule has 0 saturated carbocycles. The van der Waals surface area contributed by atoms with Crippen molar-refractivity contribution in [2.75, 3.05) is 45.4 Å². The summed E-state index contributed by atoms with van der Waals surface area (Å²) in [6.45, 7) is 3.17. The van der Waals surface area contributed by atoms with Crippen LogP contribution < -0.4 is 19.7 Å². The van der Waals surface area contributed by atoms with Crippen LogP contribution in [0.3, 0.4) is 0 Å². The number of hydrogen-bond acceptors (Lipinski definition) is 8. The molecule has 180 valence electrons. The first kappa shape index (κ1) is 24.5. The third kappa shape index (κ3) is 6.45. The summed E-state index contributed by atoms with van der Waals surface area (Å²) in [7, 11) is 3.06. The van der Waals surface area contributed by atoms with E-state index >= 15 is 0 Å². The van der Waals surface area contributed by atoms with Gasteiger partial charge >= 0.3 is 6.18 Å². The van der Waals surface area contributed by atoms with Crippen LogP contribution in [0.4, 0.5) is 18.9 Å². The lowest BCUT2D eigenvalue weighted by Crippen LogP contribution is -2.45. The van der Waals surface area contributed by atoms with Crippen LogP contribution in [-0.4, -0.2) is 68.5 Å². The van der Waals surface area contributed by atoms with Crippen molar-refractivity contribution in [3.63, 3.8) is 0 Å². The van der Waals surface area contributed by atoms with Crippen LogP contribution in [0.5, 0.6) is 17.2 Å². The van der Waals surface area contributed by atoms with Crippen molar-refractivity contribution in [2.24, 2.45) is 0 Å². The number of aromatic nitrogens is 2. The summed E-state index contributed by atoms with van der Waals surface area (Å²) in [6.07, 6.45) is -2.98. The molecular formula is C21H25F3N4O5. The Morgan fingerprint density at radius 3 is 2.42 bits per heavy atom. The maximum Gasteiger partial charge on any atom is 0.451 e. The molecular weight excluding hydrogens is 445 g/mol. The van der Waals surface area contributed by atoms with Crippen LogP contribution in [0.25, 0.3) is 0 Å². The fourth-order valence-electron chi connectivity index (χ4n) is 3.37. The average Bonchev–Trinajstić information content (AvgIpc) is 3.20. The van der Waals surface area contributed by atoms with Gasteiger partial charge in [0.15, 0.2) is 5.75 Å². The Morgan fingerprint density at radius 1 is 1.12 bits per heavy atom. The molecule has 1 amide bonds. The van der Waals surface area contributed by atoms with Crippen molar-refractivity contribution >= 4 is 11.6 Å². The van der Waals surface area contributed by atoms with E-state index in [-0.39, 0.29) is 30.4 Å². The fourth-order valence-corrected chi connectivity index (χ4v) is 3.37. The monoisotopic (exact) mass is 470 g/mol. The van der Waals surface area contributed by atoms with Gasteiger partial charge in [0.2, 0.25) is 11.7 Å². The molecule has 1 N–H and O–H groups in total. The highest BCUT2D eigenvalue weighted by Gasteiger charge is 2.35. The molecule has 9 nitrogen and oxygen atoms in total. The zero-order chi connectivity index (χ0) is 24.0. The molecule has 1 aromatic carbocycles. The highest BCUT2D eigenvalue weighted by molar-refractivity contribution is 5.77. The molecule has 2 heterocycles. The Hall–Kier alpha value is -3.12. The van der Waals surface area contributed by atoms with E-state index in [9.17, 15) is 18.0 Å². The van der Waals surface area contributed by atoms with Gasteiger partial charge in [-0.05, 0) is 6.92 Å². The van der Waals surface area contributed by atoms with E-state index in [1.807, 2.05) is 11.8 Å². The summed E-state index contributed by atoms with van der Waals surface area (Å²) >= 11 is 0. The molecule has 1 aliphatic rings. The van der Waals surface area contributed by atoms with Crippen LogP contribution in [0.15, 0.2) is 30.6 Å². The molecule has 2 aromatic rings. The fraction of sp³-hybridized carbons (Fsp3) is 0.476. The van der Waals surface area contributed by atoms with E-state index in [1.54, 1.807) is 25.3 Å². The smallest absolute Gasteiger partial charge is 0.451 e. The number of nitrogens with zero attached hydrogens (tertiary/aromatic N) is 3. The van der Waals surface area contributed by atoms with E-state index in [1.165, 1.54) is 7.11 Å². The maximum atomic E-state index is 12.7. The molecule has 12 heteroatoms. The molecule has 0 radical (unpaired) electrons. The highest BCUT2D eigenvalue weighted by atomic mass is 19.4. The number of anilines is 1. The standard InChI is InChI=1S/C21H25F3N4O5/c1-4-32-12-19(29)27-17-10-28(11-18(17)31-3)13-5-14(30-2)7-15(6-13)33-16-8-25-20(26-9-16)21(22,23)24/h5-9,17-18H,4,10-12H2,1-3H3,(H,27,29)/t17-,18+/m0/s1. The van der Waals surface area contributed by atoms with Gasteiger partial charge in [0.05, 0.1) is 31.6 Å². The topological polar surface area (TPSA) is 95.0 Å². The Balaban J connectivity index is 1.75.